The lowest BCUT2D eigenvalue weighted by Crippen LogP contribution is -2.49. The highest BCUT2D eigenvalue weighted by Crippen LogP contribution is 2.42. The first-order chi connectivity index (χ1) is 54.2. The Balaban J connectivity index is 1.27. The van der Waals surface area contributed by atoms with Crippen molar-refractivity contribution in [2.45, 2.75) is 123 Å². The van der Waals surface area contributed by atoms with Crippen molar-refractivity contribution in [1.82, 2.24) is 59.8 Å². The summed E-state index contributed by atoms with van der Waals surface area (Å²) in [6.45, 7) is 9.78. The van der Waals surface area contributed by atoms with Gasteiger partial charge in [0.15, 0.2) is 11.2 Å². The number of aromatic amines is 1. The molecule has 6 atom stereocenters. The lowest BCUT2D eigenvalue weighted by atomic mass is 10.1. The average Bonchev–Trinajstić information content (AvgIpc) is 1.77. The van der Waals surface area contributed by atoms with Crippen molar-refractivity contribution in [3.05, 3.63) is 238 Å². The molecule has 0 radical (unpaired) electrons. The number of rotatable bonds is 51. The van der Waals surface area contributed by atoms with Gasteiger partial charge in [-0.05, 0) is 113 Å². The Hall–Kier alpha value is -9.14. The molecule has 602 valence electrons. The molecule has 0 bridgehead atoms. The number of nitrogens with zero attached hydrogens (tertiary/aromatic N) is 5. The van der Waals surface area contributed by atoms with E-state index in [9.17, 15) is 33.6 Å². The number of aromatic nitrogens is 4. The lowest BCUT2D eigenvalue weighted by molar-refractivity contribution is -0.146. The molecule has 2 aromatic heterocycles. The van der Waals surface area contributed by atoms with Crippen LogP contribution >= 0.6 is 22.3 Å². The van der Waals surface area contributed by atoms with E-state index < -0.39 is 100.0 Å². The Bertz CT molecular complexity index is 4060. The minimum Gasteiger partial charge on any atom is -0.465 e. The third-order valence-electron chi connectivity index (χ3n) is 18.3. The first-order valence-electron chi connectivity index (χ1n) is 38.2. The highest BCUT2D eigenvalue weighted by atomic mass is 31.2. The summed E-state index contributed by atoms with van der Waals surface area (Å²) in [5, 5.41) is 19.2. The number of hydrogen-bond acceptors (Lipinski definition) is 20. The molecule has 0 aliphatic heterocycles. The third kappa shape index (κ3) is 29.1. The van der Waals surface area contributed by atoms with E-state index in [1.807, 2.05) is 192 Å². The molecule has 0 spiro atoms. The Kier molecular flexibility index (Phi) is 36.4. The summed E-state index contributed by atoms with van der Waals surface area (Å²) in [4.78, 5) is 114. The first-order valence-corrected chi connectivity index (χ1v) is 43.8. The van der Waals surface area contributed by atoms with Gasteiger partial charge in [-0.1, -0.05) is 182 Å². The Morgan fingerprint density at radius 2 is 0.589 bits per heavy atom. The van der Waals surface area contributed by atoms with E-state index >= 15 is 13.7 Å². The third-order valence-corrected chi connectivity index (χ3v) is 25.2. The maximum atomic E-state index is 16.7. The lowest BCUT2D eigenvalue weighted by Gasteiger charge is -2.34. The van der Waals surface area contributed by atoms with Crippen LogP contribution in [0, 0.1) is 0 Å². The van der Waals surface area contributed by atoms with E-state index in [0.717, 1.165) is 11.1 Å². The van der Waals surface area contributed by atoms with E-state index in [4.69, 9.17) is 28.4 Å². The van der Waals surface area contributed by atoms with Crippen molar-refractivity contribution in [2.75, 3.05) is 97.4 Å². The van der Waals surface area contributed by atoms with Gasteiger partial charge in [-0.3, -0.25) is 52.2 Å². The second-order valence-corrected chi connectivity index (χ2v) is 34.0. The minimum atomic E-state index is -4.36. The summed E-state index contributed by atoms with van der Waals surface area (Å²) >= 11 is 0. The normalized spacial score (nSPS) is 13.5. The number of fused-ring (bicyclic) bond motifs is 1. The van der Waals surface area contributed by atoms with Crippen molar-refractivity contribution in [3.63, 3.8) is 0 Å². The molecule has 0 saturated heterocycles. The summed E-state index contributed by atoms with van der Waals surface area (Å²) in [5.41, 5.74) is 4.12. The van der Waals surface area contributed by atoms with Gasteiger partial charge in [0, 0.05) is 64.3 Å². The average molecular weight is 1600 g/mol. The van der Waals surface area contributed by atoms with Crippen molar-refractivity contribution >= 4 is 69.3 Å². The number of nitrogens with one attached hydrogen (secondary N) is 7. The number of H-pyrrole nitrogens is 1. The predicted molar refractivity (Wildman–Crippen MR) is 431 cm³/mol. The molecule has 0 amide bonds. The zero-order valence-corrected chi connectivity index (χ0v) is 67.3. The summed E-state index contributed by atoms with van der Waals surface area (Å²) in [7, 11) is -13.0. The molecule has 0 saturated carbocycles. The van der Waals surface area contributed by atoms with Crippen LogP contribution in [-0.4, -0.2) is 199 Å². The molecule has 8 rings (SSSR count). The molecule has 8 aromatic rings. The maximum Gasteiger partial charge on any atom is 0.323 e. The quantitative estimate of drug-likeness (QED) is 0.0106. The van der Waals surface area contributed by atoms with Gasteiger partial charge in [0.2, 0.25) is 22.3 Å². The van der Waals surface area contributed by atoms with Crippen LogP contribution in [0.4, 0.5) is 0 Å². The number of esters is 6. The summed E-state index contributed by atoms with van der Waals surface area (Å²) < 4.78 is 85.7. The minimum absolute atomic E-state index is 0.0000491. The fourth-order valence-corrected chi connectivity index (χ4v) is 19.7. The number of benzene rings is 6. The van der Waals surface area contributed by atoms with Crippen molar-refractivity contribution in [3.8, 4) is 0 Å². The van der Waals surface area contributed by atoms with Gasteiger partial charge in [0.25, 0.3) is 5.56 Å². The van der Waals surface area contributed by atoms with Crippen LogP contribution in [0.1, 0.15) is 74.9 Å². The van der Waals surface area contributed by atoms with Crippen LogP contribution in [0.3, 0.4) is 0 Å². The number of carbonyl (C=O) groups is 6. The first kappa shape index (κ1) is 88.4. The van der Waals surface area contributed by atoms with Crippen molar-refractivity contribution < 1.29 is 70.9 Å². The predicted octanol–water partition coefficient (Wildman–Crippen LogP) is 8.89. The number of hydrogen-bond donors (Lipinski definition) is 7. The molecule has 0 aliphatic rings. The number of imidazole rings is 1. The topological polar surface area (TPSA) is 351 Å². The van der Waals surface area contributed by atoms with Gasteiger partial charge >= 0.3 is 35.8 Å². The van der Waals surface area contributed by atoms with E-state index in [-0.39, 0.29) is 154 Å². The zero-order valence-electron chi connectivity index (χ0n) is 64.6. The van der Waals surface area contributed by atoms with E-state index in [0.29, 0.717) is 22.3 Å². The Morgan fingerprint density at radius 3 is 0.821 bits per heavy atom. The maximum absolute atomic E-state index is 16.7. The van der Waals surface area contributed by atoms with Gasteiger partial charge in [-0.2, -0.15) is 0 Å². The van der Waals surface area contributed by atoms with Crippen molar-refractivity contribution in [1.29, 1.82) is 0 Å². The van der Waals surface area contributed by atoms with Crippen LogP contribution in [0.2, 0.25) is 0 Å². The summed E-state index contributed by atoms with van der Waals surface area (Å²) in [6, 6.07) is 47.1. The van der Waals surface area contributed by atoms with Gasteiger partial charge in [0.05, 0.1) is 52.3 Å². The summed E-state index contributed by atoms with van der Waals surface area (Å²) in [6.07, 6.45) is 1.88. The van der Waals surface area contributed by atoms with E-state index in [1.165, 1.54) is 12.7 Å². The van der Waals surface area contributed by atoms with Crippen LogP contribution in [-0.2, 0) is 116 Å². The SMILES string of the molecule is CCOC(=O)[C@H](Cc1ccccc1)NP(=O)(CCN(CCN(CCP(=O)(N[C@@H](Cc1ccccc1)C(=O)OCC)N[C@@H](Cc1ccccc1)C(=O)OCC)CCP(=O)(N[C@@H](Cc1ccccc1)C(=O)OCC)N[C@@H](Cc1ccccc1)C(=O)OCC)CCn1cnc2c(=O)[nH]cnc21)N[C@@H](Cc1ccccc1)C(=O)OCC. The molecule has 31 heteroatoms. The number of ether oxygens (including phenoxy) is 6. The molecular formula is C81H107N12O16P3. The highest BCUT2D eigenvalue weighted by molar-refractivity contribution is 7.60. The van der Waals surface area contributed by atoms with E-state index in [2.05, 4.69) is 45.5 Å². The van der Waals surface area contributed by atoms with Gasteiger partial charge < -0.3 is 42.9 Å². The Labute approximate surface area is 655 Å². The monoisotopic (exact) mass is 1600 g/mol. The van der Waals surface area contributed by atoms with Crippen LogP contribution in [0.25, 0.3) is 11.2 Å². The van der Waals surface area contributed by atoms with Gasteiger partial charge in [-0.25, -0.2) is 40.5 Å². The smallest absolute Gasteiger partial charge is 0.323 e. The second kappa shape index (κ2) is 46.1. The standard InChI is InChI=1S/C81H107N12O16P3/c1-7-104-76(95)67(53-61-31-19-13-20-32-61)85-110(101,86-68(77(96)105-8-2)54-62-33-21-14-22-34-62)50-47-91(45-46-93-60-84-73-74(93)82-59-83-75(73)94)43-44-92(48-51-111(102,87-69(78(97)106-9-3)55-63-35-23-15-24-36-63)88-70(79(98)107-10-4)56-64-37-25-16-26-38-64)49-52-112(103,89-71(80(99)108-11-5)57-65-39-27-17-28-40-65)90-72(81(100)109-12-6)58-66-41-29-18-30-42-66/h13-42,59-60,67-72H,7-12,43-58H2,1-6H3,(H,82,83,94)(H2,85,86,101)(H2,87,88,102)(H2,89,90,103)/t67-,68-,69-,70-,71-,72-/m0/s1. The molecule has 0 aliphatic carbocycles. The van der Waals surface area contributed by atoms with Crippen molar-refractivity contribution in [2.24, 2.45) is 0 Å². The number of carbonyl (C=O) groups excluding carboxylic acids is 6. The molecule has 2 heterocycles. The molecular weight excluding hydrogens is 1490 g/mol. The Morgan fingerprint density at radius 1 is 0.357 bits per heavy atom. The molecule has 28 nitrogen and oxygen atoms in total. The van der Waals surface area contributed by atoms with Gasteiger partial charge in [-0.15, -0.1) is 0 Å². The molecule has 0 fully saturated rings. The summed E-state index contributed by atoms with van der Waals surface area (Å²) in [5.74, 6) is -4.27. The molecule has 112 heavy (non-hydrogen) atoms. The fourth-order valence-electron chi connectivity index (χ4n) is 12.8. The largest absolute Gasteiger partial charge is 0.465 e. The van der Waals surface area contributed by atoms with Crippen LogP contribution < -0.4 is 36.1 Å². The van der Waals surface area contributed by atoms with Gasteiger partial charge in [0.1, 0.15) is 36.3 Å². The van der Waals surface area contributed by atoms with Crippen LogP contribution in [0.15, 0.2) is 199 Å². The molecule has 0 unspecified atom stereocenters. The highest BCUT2D eigenvalue weighted by Gasteiger charge is 2.40. The molecule has 6 aromatic carbocycles. The zero-order chi connectivity index (χ0) is 80.1. The molecule has 7 N–H and O–H groups in total. The second-order valence-electron chi connectivity index (χ2n) is 26.7. The fraction of sp³-hybridized carbons (Fsp3) is 0.420. The van der Waals surface area contributed by atoms with E-state index in [1.54, 1.807) is 46.1 Å². The van der Waals surface area contributed by atoms with Crippen LogP contribution in [0.5, 0.6) is 0 Å².